The average molecular weight is 424 g/mol. The standard InChI is InChI=1S/C12H9Br2FN2O2S/c13-7-1-4-12(9(14)5-7)17-20(18,19)8-2-3-10(15)11(16)6-8/h1-6,17H,16H2. The number of anilines is 2. The zero-order chi connectivity index (χ0) is 14.9. The van der Waals surface area contributed by atoms with Gasteiger partial charge in [0.05, 0.1) is 16.3 Å². The lowest BCUT2D eigenvalue weighted by molar-refractivity contribution is 0.600. The van der Waals surface area contributed by atoms with Gasteiger partial charge in [0.25, 0.3) is 10.0 Å². The van der Waals surface area contributed by atoms with Crippen LogP contribution in [-0.4, -0.2) is 8.42 Å². The number of sulfonamides is 1. The molecule has 0 atom stereocenters. The molecular formula is C12H9Br2FN2O2S. The van der Waals surface area contributed by atoms with E-state index in [1.807, 2.05) is 0 Å². The van der Waals surface area contributed by atoms with Crippen molar-refractivity contribution >= 4 is 53.3 Å². The van der Waals surface area contributed by atoms with Crippen molar-refractivity contribution in [1.82, 2.24) is 0 Å². The van der Waals surface area contributed by atoms with Crippen molar-refractivity contribution in [1.29, 1.82) is 0 Å². The van der Waals surface area contributed by atoms with Crippen molar-refractivity contribution in [2.45, 2.75) is 4.90 Å². The van der Waals surface area contributed by atoms with Crippen LogP contribution in [0.3, 0.4) is 0 Å². The van der Waals surface area contributed by atoms with Crippen LogP contribution >= 0.6 is 31.9 Å². The highest BCUT2D eigenvalue weighted by Gasteiger charge is 2.17. The molecule has 0 aromatic heterocycles. The minimum atomic E-state index is -3.83. The number of hydrogen-bond donors (Lipinski definition) is 2. The van der Waals surface area contributed by atoms with Gasteiger partial charge in [-0.2, -0.15) is 0 Å². The molecule has 2 aromatic rings. The van der Waals surface area contributed by atoms with Crippen molar-refractivity contribution in [2.24, 2.45) is 0 Å². The van der Waals surface area contributed by atoms with Crippen LogP contribution in [0.25, 0.3) is 0 Å². The second kappa shape index (κ2) is 5.71. The first-order valence-electron chi connectivity index (χ1n) is 5.32. The average Bonchev–Trinajstić information content (AvgIpc) is 2.36. The normalized spacial score (nSPS) is 11.3. The molecule has 0 aliphatic carbocycles. The van der Waals surface area contributed by atoms with E-state index in [-0.39, 0.29) is 10.6 Å². The summed E-state index contributed by atoms with van der Waals surface area (Å²) >= 11 is 6.53. The van der Waals surface area contributed by atoms with Crippen LogP contribution in [0.15, 0.2) is 50.2 Å². The van der Waals surface area contributed by atoms with E-state index in [1.54, 1.807) is 18.2 Å². The molecule has 0 heterocycles. The molecule has 0 unspecified atom stereocenters. The third kappa shape index (κ3) is 3.31. The number of benzene rings is 2. The van der Waals surface area contributed by atoms with Crippen LogP contribution in [-0.2, 0) is 10.0 Å². The molecule has 106 valence electrons. The van der Waals surface area contributed by atoms with E-state index in [9.17, 15) is 12.8 Å². The molecule has 0 radical (unpaired) electrons. The molecule has 3 N–H and O–H groups in total. The summed E-state index contributed by atoms with van der Waals surface area (Å²) in [5.41, 5.74) is 5.53. The van der Waals surface area contributed by atoms with Crippen LogP contribution in [0, 0.1) is 5.82 Å². The van der Waals surface area contributed by atoms with Gasteiger partial charge in [0.2, 0.25) is 0 Å². The molecule has 20 heavy (non-hydrogen) atoms. The lowest BCUT2D eigenvalue weighted by Crippen LogP contribution is -2.13. The summed E-state index contributed by atoms with van der Waals surface area (Å²) in [4.78, 5) is -0.105. The molecule has 4 nitrogen and oxygen atoms in total. The Labute approximate surface area is 132 Å². The molecular weight excluding hydrogens is 415 g/mol. The van der Waals surface area contributed by atoms with Gasteiger partial charge in [-0.05, 0) is 52.3 Å². The Hall–Kier alpha value is -1.12. The molecule has 0 saturated carbocycles. The fourth-order valence-electron chi connectivity index (χ4n) is 1.46. The molecule has 0 saturated heterocycles. The van der Waals surface area contributed by atoms with Gasteiger partial charge in [-0.25, -0.2) is 12.8 Å². The molecule has 2 aromatic carbocycles. The molecule has 2 rings (SSSR count). The van der Waals surface area contributed by atoms with Crippen LogP contribution in [0.5, 0.6) is 0 Å². The summed E-state index contributed by atoms with van der Waals surface area (Å²) in [5, 5.41) is 0. The van der Waals surface area contributed by atoms with Gasteiger partial charge < -0.3 is 5.73 Å². The minimum Gasteiger partial charge on any atom is -0.396 e. The van der Waals surface area contributed by atoms with E-state index in [2.05, 4.69) is 36.6 Å². The van der Waals surface area contributed by atoms with Gasteiger partial charge in [-0.3, -0.25) is 4.72 Å². The third-order valence-electron chi connectivity index (χ3n) is 2.45. The van der Waals surface area contributed by atoms with Gasteiger partial charge in [-0.1, -0.05) is 15.9 Å². The van der Waals surface area contributed by atoms with Crippen molar-refractivity contribution in [3.63, 3.8) is 0 Å². The first kappa shape index (κ1) is 15.3. The van der Waals surface area contributed by atoms with E-state index < -0.39 is 15.8 Å². The topological polar surface area (TPSA) is 72.2 Å². The van der Waals surface area contributed by atoms with E-state index in [0.717, 1.165) is 22.7 Å². The van der Waals surface area contributed by atoms with Crippen LogP contribution < -0.4 is 10.5 Å². The van der Waals surface area contributed by atoms with Crippen molar-refractivity contribution in [3.05, 3.63) is 51.2 Å². The Balaban J connectivity index is 2.38. The summed E-state index contributed by atoms with van der Waals surface area (Å²) in [7, 11) is -3.83. The Morgan fingerprint density at radius 2 is 1.80 bits per heavy atom. The molecule has 0 spiro atoms. The largest absolute Gasteiger partial charge is 0.396 e. The van der Waals surface area contributed by atoms with E-state index in [0.29, 0.717) is 10.2 Å². The number of nitrogens with one attached hydrogen (secondary N) is 1. The lowest BCUT2D eigenvalue weighted by atomic mass is 10.3. The number of rotatable bonds is 3. The predicted octanol–water partition coefficient (Wildman–Crippen LogP) is 3.73. The predicted molar refractivity (Wildman–Crippen MR) is 83.5 cm³/mol. The SMILES string of the molecule is Nc1cc(S(=O)(=O)Nc2ccc(Br)cc2Br)ccc1F. The molecule has 0 bridgehead atoms. The van der Waals surface area contributed by atoms with Gasteiger partial charge in [0, 0.05) is 8.95 Å². The molecule has 0 fully saturated rings. The summed E-state index contributed by atoms with van der Waals surface area (Å²) in [5.74, 6) is -0.659. The molecule has 0 aliphatic heterocycles. The molecule has 0 aliphatic rings. The molecule has 0 amide bonds. The Kier molecular flexibility index (Phi) is 4.36. The van der Waals surface area contributed by atoms with Crippen molar-refractivity contribution in [3.8, 4) is 0 Å². The van der Waals surface area contributed by atoms with Gasteiger partial charge in [-0.15, -0.1) is 0 Å². The minimum absolute atomic E-state index is 0.105. The quantitative estimate of drug-likeness (QED) is 0.738. The maximum atomic E-state index is 13.1. The van der Waals surface area contributed by atoms with Crippen LogP contribution in [0.1, 0.15) is 0 Å². The van der Waals surface area contributed by atoms with E-state index in [1.165, 1.54) is 0 Å². The van der Waals surface area contributed by atoms with Crippen molar-refractivity contribution < 1.29 is 12.8 Å². The van der Waals surface area contributed by atoms with Gasteiger partial charge in [0.1, 0.15) is 5.82 Å². The fraction of sp³-hybridized carbons (Fsp3) is 0. The number of nitrogen functional groups attached to an aromatic ring is 1. The Morgan fingerprint density at radius 3 is 2.40 bits per heavy atom. The second-order valence-corrected chi connectivity index (χ2v) is 7.37. The summed E-state index contributed by atoms with van der Waals surface area (Å²) in [6.07, 6.45) is 0. The van der Waals surface area contributed by atoms with E-state index in [4.69, 9.17) is 5.73 Å². The zero-order valence-electron chi connectivity index (χ0n) is 9.90. The number of halogens is 3. The van der Waals surface area contributed by atoms with Gasteiger partial charge >= 0.3 is 0 Å². The zero-order valence-corrected chi connectivity index (χ0v) is 13.9. The third-order valence-corrected chi connectivity index (χ3v) is 4.97. The Morgan fingerprint density at radius 1 is 1.10 bits per heavy atom. The number of hydrogen-bond acceptors (Lipinski definition) is 3. The summed E-state index contributed by atoms with van der Waals surface area (Å²) in [6, 6.07) is 8.24. The first-order valence-corrected chi connectivity index (χ1v) is 8.39. The lowest BCUT2D eigenvalue weighted by Gasteiger charge is -2.10. The molecule has 8 heteroatoms. The van der Waals surface area contributed by atoms with Gasteiger partial charge in [0.15, 0.2) is 0 Å². The highest BCUT2D eigenvalue weighted by molar-refractivity contribution is 9.11. The summed E-state index contributed by atoms with van der Waals surface area (Å²) in [6.45, 7) is 0. The van der Waals surface area contributed by atoms with Crippen LogP contribution in [0.4, 0.5) is 15.8 Å². The monoisotopic (exact) mass is 422 g/mol. The highest BCUT2D eigenvalue weighted by Crippen LogP contribution is 2.28. The maximum Gasteiger partial charge on any atom is 0.262 e. The van der Waals surface area contributed by atoms with E-state index >= 15 is 0 Å². The summed E-state index contributed by atoms with van der Waals surface area (Å²) < 4.78 is 41.2. The highest BCUT2D eigenvalue weighted by atomic mass is 79.9. The maximum absolute atomic E-state index is 13.1. The second-order valence-electron chi connectivity index (χ2n) is 3.91. The number of nitrogens with two attached hydrogens (primary N) is 1. The Bertz CT molecular complexity index is 766. The smallest absolute Gasteiger partial charge is 0.262 e. The van der Waals surface area contributed by atoms with Crippen LogP contribution in [0.2, 0.25) is 0 Å². The van der Waals surface area contributed by atoms with Crippen molar-refractivity contribution in [2.75, 3.05) is 10.5 Å². The first-order chi connectivity index (χ1) is 9.29. The fourth-order valence-corrected chi connectivity index (χ4v) is 3.86.